The predicted octanol–water partition coefficient (Wildman–Crippen LogP) is 1.97. The third kappa shape index (κ3) is 3.88. The molecule has 0 aliphatic carbocycles. The number of nitrogens with zero attached hydrogens (tertiary/aromatic N) is 5. The highest BCUT2D eigenvalue weighted by atomic mass is 35.5. The number of hydrogen-bond acceptors (Lipinski definition) is 5. The van der Waals surface area contributed by atoms with Crippen molar-refractivity contribution in [1.82, 2.24) is 35.4 Å². The van der Waals surface area contributed by atoms with Gasteiger partial charge in [0.2, 0.25) is 5.91 Å². The molecule has 9 nitrogen and oxygen atoms in total. The Labute approximate surface area is 174 Å². The minimum atomic E-state index is -0.138. The van der Waals surface area contributed by atoms with Crippen LogP contribution in [0.15, 0.2) is 6.20 Å². The Morgan fingerprint density at radius 2 is 2.03 bits per heavy atom. The molecule has 4 heterocycles. The third-order valence-electron chi connectivity index (χ3n) is 6.01. The lowest BCUT2D eigenvalue weighted by Gasteiger charge is -2.39. The molecule has 2 saturated heterocycles. The molecule has 2 atom stereocenters. The lowest BCUT2D eigenvalue weighted by molar-refractivity contribution is -0.133. The summed E-state index contributed by atoms with van der Waals surface area (Å²) in [6.07, 6.45) is 6.93. The van der Waals surface area contributed by atoms with Crippen LogP contribution in [0.4, 0.5) is 0 Å². The van der Waals surface area contributed by atoms with Gasteiger partial charge in [-0.15, -0.1) is 0 Å². The number of hydrogen-bond donors (Lipinski definition) is 2. The van der Waals surface area contributed by atoms with Gasteiger partial charge >= 0.3 is 0 Å². The van der Waals surface area contributed by atoms with Crippen LogP contribution in [0.25, 0.3) is 0 Å². The largest absolute Gasteiger partial charge is 0.338 e. The van der Waals surface area contributed by atoms with Crippen LogP contribution < -0.4 is 0 Å². The highest BCUT2D eigenvalue weighted by Gasteiger charge is 2.44. The van der Waals surface area contributed by atoms with E-state index < -0.39 is 0 Å². The van der Waals surface area contributed by atoms with Crippen LogP contribution in [0.1, 0.15) is 60.9 Å². The first-order valence-electron chi connectivity index (χ1n) is 10.3. The van der Waals surface area contributed by atoms with Crippen LogP contribution in [-0.2, 0) is 17.6 Å². The van der Waals surface area contributed by atoms with E-state index in [2.05, 4.69) is 25.6 Å². The number of aromatic nitrogens is 5. The van der Waals surface area contributed by atoms with Crippen LogP contribution >= 0.6 is 11.6 Å². The maximum atomic E-state index is 13.1. The smallest absolute Gasteiger partial charge is 0.276 e. The van der Waals surface area contributed by atoms with E-state index in [1.54, 1.807) is 6.20 Å². The van der Waals surface area contributed by atoms with E-state index >= 15 is 0 Å². The third-order valence-corrected chi connectivity index (χ3v) is 6.42. The van der Waals surface area contributed by atoms with Gasteiger partial charge in [-0.2, -0.15) is 20.5 Å². The van der Waals surface area contributed by atoms with Crippen LogP contribution in [0.5, 0.6) is 0 Å². The van der Waals surface area contributed by atoms with E-state index in [0.29, 0.717) is 36.6 Å². The van der Waals surface area contributed by atoms with E-state index in [-0.39, 0.29) is 23.9 Å². The molecule has 0 aromatic carbocycles. The molecule has 0 radical (unpaired) electrons. The highest BCUT2D eigenvalue weighted by Crippen LogP contribution is 2.33. The van der Waals surface area contributed by atoms with Crippen molar-refractivity contribution in [3.05, 3.63) is 28.3 Å². The van der Waals surface area contributed by atoms with Crippen molar-refractivity contribution in [2.75, 3.05) is 13.1 Å². The Morgan fingerprint density at radius 3 is 2.76 bits per heavy atom. The van der Waals surface area contributed by atoms with Gasteiger partial charge in [-0.3, -0.25) is 14.7 Å². The van der Waals surface area contributed by atoms with Crippen LogP contribution in [-0.4, -0.2) is 72.4 Å². The Morgan fingerprint density at radius 1 is 1.21 bits per heavy atom. The molecule has 2 aromatic heterocycles. The monoisotopic (exact) mass is 419 g/mol. The molecule has 2 N–H and O–H groups in total. The second kappa shape index (κ2) is 8.52. The van der Waals surface area contributed by atoms with Gasteiger partial charge in [0, 0.05) is 19.5 Å². The lowest BCUT2D eigenvalue weighted by atomic mass is 9.96. The number of aryl methyl sites for hydroxylation is 2. The molecule has 0 unspecified atom stereocenters. The summed E-state index contributed by atoms with van der Waals surface area (Å²) >= 11 is 6.34. The van der Waals surface area contributed by atoms with Gasteiger partial charge in [0.1, 0.15) is 0 Å². The first kappa shape index (κ1) is 19.9. The molecule has 2 fully saturated rings. The fraction of sp³-hybridized carbons (Fsp3) is 0.632. The molecule has 0 bridgehead atoms. The summed E-state index contributed by atoms with van der Waals surface area (Å²) in [6.45, 7) is 3.34. The fourth-order valence-electron chi connectivity index (χ4n) is 4.53. The van der Waals surface area contributed by atoms with Crippen molar-refractivity contribution >= 4 is 23.4 Å². The van der Waals surface area contributed by atoms with Gasteiger partial charge in [0.25, 0.3) is 5.91 Å². The van der Waals surface area contributed by atoms with E-state index in [1.165, 1.54) is 0 Å². The summed E-state index contributed by atoms with van der Waals surface area (Å²) in [6, 6.07) is 0.115. The normalized spacial score (nSPS) is 21.4. The van der Waals surface area contributed by atoms with Gasteiger partial charge in [-0.25, -0.2) is 0 Å². The predicted molar refractivity (Wildman–Crippen MR) is 106 cm³/mol. The number of carbonyl (C=O) groups excluding carboxylic acids is 2. The first-order chi connectivity index (χ1) is 14.1. The molecule has 29 heavy (non-hydrogen) atoms. The molecule has 2 aliphatic heterocycles. The summed E-state index contributed by atoms with van der Waals surface area (Å²) in [5.41, 5.74) is 1.94. The van der Waals surface area contributed by atoms with Crippen molar-refractivity contribution in [3.63, 3.8) is 0 Å². The van der Waals surface area contributed by atoms with E-state index in [0.717, 1.165) is 43.5 Å². The number of likely N-dealkylation sites (tertiary alicyclic amines) is 2. The molecule has 2 aromatic rings. The average molecular weight is 420 g/mol. The number of H-pyrrole nitrogens is 2. The number of aromatic amines is 2. The Hall–Kier alpha value is -2.42. The molecule has 10 heteroatoms. The van der Waals surface area contributed by atoms with Gasteiger partial charge in [0.05, 0.1) is 34.7 Å². The zero-order valence-electron chi connectivity index (χ0n) is 16.5. The number of halogens is 1. The Kier molecular flexibility index (Phi) is 5.84. The summed E-state index contributed by atoms with van der Waals surface area (Å²) in [4.78, 5) is 29.8. The second-order valence-electron chi connectivity index (χ2n) is 7.68. The lowest BCUT2D eigenvalue weighted by Crippen LogP contribution is -2.53. The number of carbonyl (C=O) groups is 2. The van der Waals surface area contributed by atoms with Crippen molar-refractivity contribution in [2.45, 2.75) is 64.0 Å². The fourth-order valence-corrected chi connectivity index (χ4v) is 4.83. The zero-order chi connectivity index (χ0) is 20.4. The molecule has 0 spiro atoms. The molecule has 0 saturated carbocycles. The molecular weight excluding hydrogens is 394 g/mol. The summed E-state index contributed by atoms with van der Waals surface area (Å²) in [5, 5.41) is 17.8. The number of amides is 2. The first-order valence-corrected chi connectivity index (χ1v) is 10.7. The van der Waals surface area contributed by atoms with Gasteiger partial charge in [-0.1, -0.05) is 18.5 Å². The van der Waals surface area contributed by atoms with Gasteiger partial charge in [0.15, 0.2) is 5.69 Å². The van der Waals surface area contributed by atoms with Crippen molar-refractivity contribution in [3.8, 4) is 0 Å². The summed E-state index contributed by atoms with van der Waals surface area (Å²) in [7, 11) is 0. The quantitative estimate of drug-likeness (QED) is 0.743. The van der Waals surface area contributed by atoms with Crippen LogP contribution in [0.2, 0.25) is 5.02 Å². The van der Waals surface area contributed by atoms with Crippen molar-refractivity contribution in [1.29, 1.82) is 0 Å². The molecule has 2 amide bonds. The van der Waals surface area contributed by atoms with Gasteiger partial charge < -0.3 is 9.80 Å². The highest BCUT2D eigenvalue weighted by molar-refractivity contribution is 6.34. The number of fused-ring (bicyclic) bond motifs is 1. The Bertz CT molecular complexity index is 866. The molecule has 4 rings (SSSR count). The van der Waals surface area contributed by atoms with Crippen molar-refractivity contribution < 1.29 is 9.59 Å². The zero-order valence-corrected chi connectivity index (χ0v) is 17.3. The number of rotatable bonds is 6. The topological polar surface area (TPSA) is 111 Å². The summed E-state index contributed by atoms with van der Waals surface area (Å²) < 4.78 is 0. The maximum Gasteiger partial charge on any atom is 0.276 e. The average Bonchev–Trinajstić information content (AvgIpc) is 3.46. The maximum absolute atomic E-state index is 13.1. The van der Waals surface area contributed by atoms with Crippen molar-refractivity contribution in [2.24, 2.45) is 0 Å². The Balaban J connectivity index is 1.39. The van der Waals surface area contributed by atoms with Crippen LogP contribution in [0, 0.1) is 0 Å². The minimum absolute atomic E-state index is 0.0357. The van der Waals surface area contributed by atoms with E-state index in [1.807, 2.05) is 16.7 Å². The number of piperidine rings is 1. The second-order valence-corrected chi connectivity index (χ2v) is 8.06. The molecular formula is C19H26ClN7O2. The van der Waals surface area contributed by atoms with E-state index in [9.17, 15) is 9.59 Å². The minimum Gasteiger partial charge on any atom is -0.338 e. The summed E-state index contributed by atoms with van der Waals surface area (Å²) in [5.74, 6) is 0.0161. The SMILES string of the molecule is CCc1[nH]nc(C(=O)N2CCC[C@@H]3[C@H]2CCN3C(=O)CCCc2cn[nH]n2)c1Cl. The van der Waals surface area contributed by atoms with E-state index in [4.69, 9.17) is 11.6 Å². The molecule has 2 aliphatic rings. The van der Waals surface area contributed by atoms with Crippen LogP contribution in [0.3, 0.4) is 0 Å². The number of nitrogens with one attached hydrogen (secondary N) is 2. The standard InChI is InChI=1S/C19H26ClN7O2/c1-2-13-17(20)18(24-23-13)19(29)27-9-4-6-14-15(27)8-10-26(14)16(28)7-3-5-12-11-21-25-22-12/h11,14-15H,2-10H2,1H3,(H,23,24)(H,21,22,25)/t14-,15-/m1/s1. The molecule has 156 valence electrons. The van der Waals surface area contributed by atoms with Gasteiger partial charge in [-0.05, 0) is 38.5 Å².